The normalized spacial score (nSPS) is 13.3. The van der Waals surface area contributed by atoms with Crippen LogP contribution in [-0.2, 0) is 10.2 Å². The van der Waals surface area contributed by atoms with Gasteiger partial charge in [-0.25, -0.2) is 9.97 Å². The summed E-state index contributed by atoms with van der Waals surface area (Å²) in [4.78, 5) is 32.9. The summed E-state index contributed by atoms with van der Waals surface area (Å²) in [6, 6.07) is 8.87. The van der Waals surface area contributed by atoms with Crippen molar-refractivity contribution in [2.75, 3.05) is 6.54 Å². The molecular weight excluding hydrogens is 354 g/mol. The molecule has 1 heterocycles. The van der Waals surface area contributed by atoms with Gasteiger partial charge in [-0.1, -0.05) is 62.7 Å². The van der Waals surface area contributed by atoms with Crippen molar-refractivity contribution in [2.24, 2.45) is 0 Å². The number of hydrogen-bond acceptors (Lipinski definition) is 4. The van der Waals surface area contributed by atoms with Gasteiger partial charge in [0.1, 0.15) is 16.9 Å². The highest BCUT2D eigenvalue weighted by molar-refractivity contribution is 6.33. The molecule has 26 heavy (non-hydrogen) atoms. The van der Waals surface area contributed by atoms with Crippen LogP contribution >= 0.6 is 11.6 Å². The van der Waals surface area contributed by atoms with Crippen LogP contribution in [0.1, 0.15) is 55.0 Å². The highest BCUT2D eigenvalue weighted by Gasteiger charge is 2.39. The largest absolute Gasteiger partial charge is 0.481 e. The van der Waals surface area contributed by atoms with Crippen molar-refractivity contribution in [2.45, 2.75) is 38.5 Å². The van der Waals surface area contributed by atoms with E-state index in [2.05, 4.69) is 15.3 Å². The lowest BCUT2D eigenvalue weighted by Crippen LogP contribution is -2.46. The number of nitrogens with one attached hydrogen (secondary N) is 1. The second-order valence-electron chi connectivity index (χ2n) is 6.37. The van der Waals surface area contributed by atoms with E-state index in [-0.39, 0.29) is 23.2 Å². The van der Waals surface area contributed by atoms with Gasteiger partial charge in [0, 0.05) is 12.5 Å². The SMILES string of the molecule is CCC(CNC(=O)c1nc(C(C)C)ncc1Cl)(C(=O)O)c1ccccc1. The lowest BCUT2D eigenvalue weighted by Gasteiger charge is -2.29. The quantitative estimate of drug-likeness (QED) is 0.773. The standard InChI is InChI=1S/C19H22ClN3O3/c1-4-19(18(25)26,13-8-6-5-7-9-13)11-22-17(24)15-14(20)10-21-16(23-15)12(2)3/h5-10,12H,4,11H2,1-3H3,(H,22,24)(H,25,26). The zero-order chi connectivity index (χ0) is 19.3. The number of carboxylic acids is 1. The molecule has 0 saturated heterocycles. The van der Waals surface area contributed by atoms with Crippen LogP contribution in [0.5, 0.6) is 0 Å². The number of aliphatic carboxylic acids is 1. The second-order valence-corrected chi connectivity index (χ2v) is 6.78. The first kappa shape index (κ1) is 19.8. The van der Waals surface area contributed by atoms with Gasteiger partial charge in [0.2, 0.25) is 0 Å². The molecule has 0 spiro atoms. The van der Waals surface area contributed by atoms with Crippen LogP contribution in [0.2, 0.25) is 5.02 Å². The van der Waals surface area contributed by atoms with Gasteiger partial charge < -0.3 is 10.4 Å². The molecule has 2 rings (SSSR count). The van der Waals surface area contributed by atoms with Crippen molar-refractivity contribution in [3.8, 4) is 0 Å². The Bertz CT molecular complexity index is 796. The second kappa shape index (κ2) is 8.27. The number of carboxylic acid groups (broad SMARTS) is 1. The predicted octanol–water partition coefficient (Wildman–Crippen LogP) is 3.42. The molecular formula is C19H22ClN3O3. The number of amides is 1. The van der Waals surface area contributed by atoms with Gasteiger partial charge >= 0.3 is 5.97 Å². The van der Waals surface area contributed by atoms with Gasteiger partial charge in [0.15, 0.2) is 0 Å². The van der Waals surface area contributed by atoms with Crippen LogP contribution < -0.4 is 5.32 Å². The Morgan fingerprint density at radius 1 is 1.27 bits per heavy atom. The summed E-state index contributed by atoms with van der Waals surface area (Å²) in [6.45, 7) is 5.53. The summed E-state index contributed by atoms with van der Waals surface area (Å²) < 4.78 is 0. The Morgan fingerprint density at radius 3 is 2.46 bits per heavy atom. The lowest BCUT2D eigenvalue weighted by molar-refractivity contribution is -0.143. The van der Waals surface area contributed by atoms with Crippen molar-refractivity contribution in [3.05, 3.63) is 58.6 Å². The zero-order valence-corrected chi connectivity index (χ0v) is 15.7. The topological polar surface area (TPSA) is 92.2 Å². The van der Waals surface area contributed by atoms with Crippen LogP contribution in [0.25, 0.3) is 0 Å². The first-order valence-electron chi connectivity index (χ1n) is 8.41. The maximum Gasteiger partial charge on any atom is 0.315 e. The lowest BCUT2D eigenvalue weighted by atomic mass is 9.78. The molecule has 6 nitrogen and oxygen atoms in total. The van der Waals surface area contributed by atoms with E-state index in [1.54, 1.807) is 31.2 Å². The van der Waals surface area contributed by atoms with Crippen molar-refractivity contribution >= 4 is 23.5 Å². The molecule has 2 N–H and O–H groups in total. The summed E-state index contributed by atoms with van der Waals surface area (Å²) in [5.74, 6) is -0.975. The molecule has 1 aromatic heterocycles. The first-order chi connectivity index (χ1) is 12.3. The Kier molecular flexibility index (Phi) is 6.32. The molecule has 2 aromatic rings. The van der Waals surface area contributed by atoms with E-state index in [1.165, 1.54) is 6.20 Å². The van der Waals surface area contributed by atoms with E-state index in [9.17, 15) is 14.7 Å². The highest BCUT2D eigenvalue weighted by Crippen LogP contribution is 2.28. The van der Waals surface area contributed by atoms with Crippen molar-refractivity contribution in [3.63, 3.8) is 0 Å². The number of nitrogens with zero attached hydrogens (tertiary/aromatic N) is 2. The van der Waals surface area contributed by atoms with E-state index in [0.29, 0.717) is 17.8 Å². The molecule has 1 amide bonds. The average Bonchev–Trinajstić information content (AvgIpc) is 2.63. The molecule has 0 saturated carbocycles. The highest BCUT2D eigenvalue weighted by atomic mass is 35.5. The molecule has 0 bridgehead atoms. The van der Waals surface area contributed by atoms with Crippen LogP contribution in [0.3, 0.4) is 0 Å². The summed E-state index contributed by atoms with van der Waals surface area (Å²) >= 11 is 6.06. The molecule has 7 heteroatoms. The van der Waals surface area contributed by atoms with Crippen LogP contribution in [0.15, 0.2) is 36.5 Å². The predicted molar refractivity (Wildman–Crippen MR) is 99.5 cm³/mol. The van der Waals surface area contributed by atoms with Crippen molar-refractivity contribution < 1.29 is 14.7 Å². The summed E-state index contributed by atoms with van der Waals surface area (Å²) in [5, 5.41) is 12.6. The van der Waals surface area contributed by atoms with Crippen molar-refractivity contribution in [1.29, 1.82) is 0 Å². The van der Waals surface area contributed by atoms with Crippen LogP contribution in [0.4, 0.5) is 0 Å². The molecule has 0 radical (unpaired) electrons. The van der Waals surface area contributed by atoms with E-state index in [0.717, 1.165) is 0 Å². The smallest absolute Gasteiger partial charge is 0.315 e. The summed E-state index contributed by atoms with van der Waals surface area (Å²) in [6.07, 6.45) is 1.71. The fourth-order valence-corrected chi connectivity index (χ4v) is 2.85. The number of aromatic nitrogens is 2. The fourth-order valence-electron chi connectivity index (χ4n) is 2.67. The Balaban J connectivity index is 2.28. The van der Waals surface area contributed by atoms with Gasteiger partial charge in [-0.3, -0.25) is 9.59 Å². The third-order valence-electron chi connectivity index (χ3n) is 4.38. The number of rotatable bonds is 7. The number of hydrogen-bond donors (Lipinski definition) is 2. The van der Waals surface area contributed by atoms with Gasteiger partial charge in [0.25, 0.3) is 5.91 Å². The minimum atomic E-state index is -1.22. The van der Waals surface area contributed by atoms with Gasteiger partial charge in [-0.2, -0.15) is 0 Å². The van der Waals surface area contributed by atoms with E-state index in [1.807, 2.05) is 19.9 Å². The van der Waals surface area contributed by atoms with Gasteiger partial charge in [0.05, 0.1) is 11.2 Å². The third kappa shape index (κ3) is 4.02. The molecule has 1 aromatic carbocycles. The third-order valence-corrected chi connectivity index (χ3v) is 4.66. The first-order valence-corrected chi connectivity index (χ1v) is 8.79. The van der Waals surface area contributed by atoms with E-state index >= 15 is 0 Å². The minimum Gasteiger partial charge on any atom is -0.481 e. The molecule has 1 unspecified atom stereocenters. The van der Waals surface area contributed by atoms with E-state index in [4.69, 9.17) is 11.6 Å². The van der Waals surface area contributed by atoms with E-state index < -0.39 is 17.3 Å². The van der Waals surface area contributed by atoms with Crippen molar-refractivity contribution in [1.82, 2.24) is 15.3 Å². The van der Waals surface area contributed by atoms with Crippen LogP contribution in [0, 0.1) is 0 Å². The maximum atomic E-state index is 12.6. The van der Waals surface area contributed by atoms with Crippen LogP contribution in [-0.4, -0.2) is 33.5 Å². The van der Waals surface area contributed by atoms with Gasteiger partial charge in [-0.15, -0.1) is 0 Å². The fraction of sp³-hybridized carbons (Fsp3) is 0.368. The molecule has 1 atom stereocenters. The minimum absolute atomic E-state index is 0.0388. The maximum absolute atomic E-state index is 12.6. The Morgan fingerprint density at radius 2 is 1.92 bits per heavy atom. The molecule has 0 aliphatic heterocycles. The molecule has 138 valence electrons. The van der Waals surface area contributed by atoms with Gasteiger partial charge in [-0.05, 0) is 12.0 Å². The number of halogens is 1. The summed E-state index contributed by atoms with van der Waals surface area (Å²) in [7, 11) is 0. The number of carbonyl (C=O) groups excluding carboxylic acids is 1. The Labute approximate surface area is 157 Å². The number of carbonyl (C=O) groups is 2. The Hall–Kier alpha value is -2.47. The average molecular weight is 376 g/mol. The monoisotopic (exact) mass is 375 g/mol. The molecule has 0 fully saturated rings. The summed E-state index contributed by atoms with van der Waals surface area (Å²) in [5.41, 5.74) is -0.544. The number of benzene rings is 1. The zero-order valence-electron chi connectivity index (χ0n) is 15.0. The molecule has 0 aliphatic carbocycles. The molecule has 0 aliphatic rings.